The Morgan fingerprint density at radius 1 is 1.32 bits per heavy atom. The molecule has 3 heterocycles. The highest BCUT2D eigenvalue weighted by atomic mass is 16.5. The molecule has 31 heavy (non-hydrogen) atoms. The second-order valence-electron chi connectivity index (χ2n) is 6.60. The van der Waals surface area contributed by atoms with Gasteiger partial charge in [0.05, 0.1) is 46.9 Å². The fraction of sp³-hybridized carbons (Fsp3) is 0.286. The number of aromatic nitrogens is 3. The van der Waals surface area contributed by atoms with E-state index in [0.717, 1.165) is 0 Å². The van der Waals surface area contributed by atoms with Crippen LogP contribution in [0.5, 0.6) is 0 Å². The Balaban J connectivity index is 2.28. The number of hydrogen-bond donors (Lipinski definition) is 2. The van der Waals surface area contributed by atoms with E-state index >= 15 is 0 Å². The van der Waals surface area contributed by atoms with Crippen LogP contribution in [0.3, 0.4) is 0 Å². The zero-order valence-corrected chi connectivity index (χ0v) is 17.2. The normalized spacial score (nSPS) is 10.7. The second kappa shape index (κ2) is 9.80. The molecule has 0 aliphatic heterocycles. The highest BCUT2D eigenvalue weighted by molar-refractivity contribution is 6.11. The van der Waals surface area contributed by atoms with E-state index in [4.69, 9.17) is 15.2 Å². The molecule has 0 aromatic carbocycles. The van der Waals surface area contributed by atoms with Crippen LogP contribution in [0.1, 0.15) is 26.4 Å². The molecular formula is C21H22N6O4. The lowest BCUT2D eigenvalue weighted by Crippen LogP contribution is -2.15. The summed E-state index contributed by atoms with van der Waals surface area (Å²) in [4.78, 5) is 32.4. The van der Waals surface area contributed by atoms with E-state index in [1.165, 1.54) is 6.20 Å². The summed E-state index contributed by atoms with van der Waals surface area (Å²) in [6, 6.07) is 7.05. The average Bonchev–Trinajstić information content (AvgIpc) is 3.11. The number of anilines is 1. The van der Waals surface area contributed by atoms with Gasteiger partial charge in [-0.3, -0.25) is 14.6 Å². The number of rotatable bonds is 10. The third-order valence-corrected chi connectivity index (χ3v) is 4.70. The molecule has 0 spiro atoms. The molecule has 0 fully saturated rings. The third-order valence-electron chi connectivity index (χ3n) is 4.70. The molecule has 0 radical (unpaired) electrons. The fourth-order valence-electron chi connectivity index (χ4n) is 3.32. The Labute approximate surface area is 178 Å². The van der Waals surface area contributed by atoms with Gasteiger partial charge in [-0.2, -0.15) is 5.26 Å². The topological polar surface area (TPSA) is 145 Å². The highest BCUT2D eigenvalue weighted by Gasteiger charge is 2.25. The van der Waals surface area contributed by atoms with Gasteiger partial charge in [0, 0.05) is 33.5 Å². The molecule has 0 atom stereocenters. The molecule has 10 nitrogen and oxygen atoms in total. The minimum absolute atomic E-state index is 0.148. The van der Waals surface area contributed by atoms with Crippen molar-refractivity contribution < 1.29 is 19.1 Å². The summed E-state index contributed by atoms with van der Waals surface area (Å²) in [6.07, 6.45) is 2.03. The number of nitriles is 1. The lowest BCUT2D eigenvalue weighted by molar-refractivity contribution is 0.100. The van der Waals surface area contributed by atoms with E-state index in [1.807, 2.05) is 4.57 Å². The minimum atomic E-state index is -0.702. The first-order valence-electron chi connectivity index (χ1n) is 9.46. The predicted molar refractivity (Wildman–Crippen MR) is 114 cm³/mol. The van der Waals surface area contributed by atoms with Gasteiger partial charge in [-0.1, -0.05) is 0 Å². The quantitative estimate of drug-likeness (QED) is 0.370. The van der Waals surface area contributed by atoms with E-state index in [0.29, 0.717) is 66.3 Å². The van der Waals surface area contributed by atoms with Gasteiger partial charge in [0.15, 0.2) is 6.29 Å². The van der Waals surface area contributed by atoms with Crippen molar-refractivity contribution >= 4 is 28.9 Å². The molecular weight excluding hydrogens is 400 g/mol. The van der Waals surface area contributed by atoms with Gasteiger partial charge in [0.2, 0.25) is 0 Å². The molecule has 3 N–H and O–H groups in total. The Hall–Kier alpha value is -3.81. The summed E-state index contributed by atoms with van der Waals surface area (Å²) in [6.45, 7) is 1.68. The highest BCUT2D eigenvalue weighted by Crippen LogP contribution is 2.33. The van der Waals surface area contributed by atoms with Crippen LogP contribution in [0.25, 0.3) is 22.4 Å². The molecule has 0 saturated carbocycles. The molecule has 3 rings (SSSR count). The number of carbonyl (C=O) groups excluding carboxylic acids is 2. The maximum absolute atomic E-state index is 12.5. The first kappa shape index (κ1) is 21.9. The van der Waals surface area contributed by atoms with Crippen LogP contribution in [0.4, 0.5) is 5.69 Å². The van der Waals surface area contributed by atoms with Crippen LogP contribution < -0.4 is 11.1 Å². The molecule has 0 saturated heterocycles. The number of aldehydes is 1. The molecule has 0 bridgehead atoms. The molecule has 10 heteroatoms. The van der Waals surface area contributed by atoms with E-state index in [-0.39, 0.29) is 11.3 Å². The van der Waals surface area contributed by atoms with Gasteiger partial charge in [-0.05, 0) is 18.2 Å². The molecule has 0 aliphatic rings. The monoisotopic (exact) mass is 422 g/mol. The first-order chi connectivity index (χ1) is 15.0. The van der Waals surface area contributed by atoms with Crippen molar-refractivity contribution in [3.63, 3.8) is 0 Å². The SMILES string of the molecule is COCCNc1cc(-c2c(C(N)=O)c3nc(C=O)ccc3n2CCOC)ncc1C#N. The molecule has 3 aromatic rings. The molecule has 3 aromatic heterocycles. The number of fused-ring (bicyclic) bond motifs is 1. The molecule has 0 aliphatic carbocycles. The third kappa shape index (κ3) is 4.37. The molecule has 1 amide bonds. The number of methoxy groups -OCH3 is 2. The van der Waals surface area contributed by atoms with Gasteiger partial charge in [0.25, 0.3) is 5.91 Å². The zero-order valence-electron chi connectivity index (χ0n) is 17.2. The summed E-state index contributed by atoms with van der Waals surface area (Å²) in [5, 5.41) is 12.6. The number of pyridine rings is 2. The average molecular weight is 422 g/mol. The lowest BCUT2D eigenvalue weighted by Gasteiger charge is -2.13. The standard InChI is InChI=1S/C21H22N6O4/c1-30-7-5-24-15-9-16(25-11-13(15)10-22)20-18(21(23)29)19-17(27(20)6-8-31-2)4-3-14(12-28)26-19/h3-4,9,11-12H,5-8H2,1-2H3,(H2,23,29)(H,24,25). The summed E-state index contributed by atoms with van der Waals surface area (Å²) in [5.74, 6) is -0.702. The summed E-state index contributed by atoms with van der Waals surface area (Å²) in [7, 11) is 3.15. The minimum Gasteiger partial charge on any atom is -0.383 e. The smallest absolute Gasteiger partial charge is 0.253 e. The van der Waals surface area contributed by atoms with Gasteiger partial charge >= 0.3 is 0 Å². The Morgan fingerprint density at radius 3 is 2.74 bits per heavy atom. The van der Waals surface area contributed by atoms with Gasteiger partial charge in [-0.25, -0.2) is 4.98 Å². The van der Waals surface area contributed by atoms with Crippen LogP contribution in [0, 0.1) is 11.3 Å². The predicted octanol–water partition coefficient (Wildman–Crippen LogP) is 1.59. The van der Waals surface area contributed by atoms with E-state index < -0.39 is 5.91 Å². The maximum atomic E-state index is 12.5. The first-order valence-corrected chi connectivity index (χ1v) is 9.46. The number of carbonyl (C=O) groups is 2. The van der Waals surface area contributed by atoms with Crippen molar-refractivity contribution in [3.8, 4) is 17.5 Å². The van der Waals surface area contributed by atoms with Crippen LogP contribution in [0.2, 0.25) is 0 Å². The van der Waals surface area contributed by atoms with Crippen molar-refractivity contribution in [1.82, 2.24) is 14.5 Å². The Bertz CT molecular complexity index is 1160. The number of amides is 1. The van der Waals surface area contributed by atoms with Crippen molar-refractivity contribution in [3.05, 3.63) is 41.2 Å². The second-order valence-corrected chi connectivity index (χ2v) is 6.60. The number of ether oxygens (including phenoxy) is 2. The van der Waals surface area contributed by atoms with Crippen molar-refractivity contribution in [2.75, 3.05) is 39.3 Å². The zero-order chi connectivity index (χ0) is 22.4. The number of hydrogen-bond acceptors (Lipinski definition) is 8. The van der Waals surface area contributed by atoms with E-state index in [1.54, 1.807) is 32.4 Å². The Kier molecular flexibility index (Phi) is 6.92. The van der Waals surface area contributed by atoms with Gasteiger partial charge in [-0.15, -0.1) is 0 Å². The van der Waals surface area contributed by atoms with Gasteiger partial charge < -0.3 is 25.1 Å². The van der Waals surface area contributed by atoms with Crippen LogP contribution >= 0.6 is 0 Å². The van der Waals surface area contributed by atoms with Crippen LogP contribution in [0.15, 0.2) is 24.4 Å². The van der Waals surface area contributed by atoms with Crippen LogP contribution in [-0.4, -0.2) is 60.7 Å². The fourth-order valence-corrected chi connectivity index (χ4v) is 3.32. The van der Waals surface area contributed by atoms with Crippen molar-refractivity contribution in [2.24, 2.45) is 5.73 Å². The Morgan fingerprint density at radius 2 is 2.10 bits per heavy atom. The number of primary amides is 1. The maximum Gasteiger partial charge on any atom is 0.253 e. The number of nitrogens with zero attached hydrogens (tertiary/aromatic N) is 4. The van der Waals surface area contributed by atoms with Gasteiger partial charge in [0.1, 0.15) is 17.3 Å². The summed E-state index contributed by atoms with van der Waals surface area (Å²) >= 11 is 0. The van der Waals surface area contributed by atoms with E-state index in [2.05, 4.69) is 21.4 Å². The number of nitrogens with two attached hydrogens (primary N) is 1. The summed E-state index contributed by atoms with van der Waals surface area (Å²) < 4.78 is 12.1. The lowest BCUT2D eigenvalue weighted by atomic mass is 10.1. The molecule has 0 unspecified atom stereocenters. The largest absolute Gasteiger partial charge is 0.383 e. The van der Waals surface area contributed by atoms with E-state index in [9.17, 15) is 14.9 Å². The van der Waals surface area contributed by atoms with Crippen molar-refractivity contribution in [1.29, 1.82) is 5.26 Å². The van der Waals surface area contributed by atoms with Crippen LogP contribution in [-0.2, 0) is 16.0 Å². The number of nitrogens with one attached hydrogen (secondary N) is 1. The van der Waals surface area contributed by atoms with Crippen molar-refractivity contribution in [2.45, 2.75) is 6.54 Å². The molecule has 160 valence electrons. The summed E-state index contributed by atoms with van der Waals surface area (Å²) in [5.41, 5.74) is 8.73.